The summed E-state index contributed by atoms with van der Waals surface area (Å²) in [6, 6.07) is 9.36. The van der Waals surface area contributed by atoms with Gasteiger partial charge < -0.3 is 4.89 Å². The van der Waals surface area contributed by atoms with Gasteiger partial charge >= 0.3 is 0 Å². The Bertz CT molecular complexity index is 148. The molecule has 1 N–H and O–H groups in total. The van der Waals surface area contributed by atoms with Crippen LogP contribution in [-0.4, -0.2) is 5.26 Å². The standard InChI is InChI=1S/C6H5O2/c7-8-6-4-2-1-3-5-6/h1-2,4-5,7H. The molecule has 1 aromatic rings. The minimum Gasteiger partial charge on any atom is -0.340 e. The quantitative estimate of drug-likeness (QED) is 0.435. The van der Waals surface area contributed by atoms with E-state index in [2.05, 4.69) is 11.0 Å². The lowest BCUT2D eigenvalue weighted by Gasteiger charge is -1.90. The van der Waals surface area contributed by atoms with Crippen molar-refractivity contribution < 1.29 is 10.1 Å². The van der Waals surface area contributed by atoms with Gasteiger partial charge in [0.15, 0.2) is 5.75 Å². The molecule has 0 aromatic heterocycles. The first-order valence-corrected chi connectivity index (χ1v) is 2.21. The molecule has 0 aliphatic carbocycles. The smallest absolute Gasteiger partial charge is 0.165 e. The summed E-state index contributed by atoms with van der Waals surface area (Å²) < 4.78 is 0. The predicted molar refractivity (Wildman–Crippen MR) is 28.5 cm³/mol. The maximum Gasteiger partial charge on any atom is 0.165 e. The molecule has 1 rings (SSSR count). The normalized spacial score (nSPS) is 8.62. The molecule has 0 heterocycles. The Morgan fingerprint density at radius 2 is 2.50 bits per heavy atom. The van der Waals surface area contributed by atoms with Gasteiger partial charge in [-0.25, -0.2) is 5.26 Å². The van der Waals surface area contributed by atoms with Crippen LogP contribution >= 0.6 is 0 Å². The molecule has 0 unspecified atom stereocenters. The number of hydrogen-bond donors (Lipinski definition) is 1. The number of rotatable bonds is 1. The zero-order chi connectivity index (χ0) is 5.82. The van der Waals surface area contributed by atoms with Crippen LogP contribution in [0.15, 0.2) is 24.3 Å². The second kappa shape index (κ2) is 2.33. The number of benzene rings is 1. The van der Waals surface area contributed by atoms with Crippen molar-refractivity contribution in [3.05, 3.63) is 30.3 Å². The van der Waals surface area contributed by atoms with Gasteiger partial charge in [-0.1, -0.05) is 12.1 Å². The van der Waals surface area contributed by atoms with Gasteiger partial charge in [-0.2, -0.15) is 0 Å². The van der Waals surface area contributed by atoms with E-state index in [9.17, 15) is 0 Å². The first-order valence-electron chi connectivity index (χ1n) is 2.21. The van der Waals surface area contributed by atoms with E-state index in [1.165, 1.54) is 0 Å². The predicted octanol–water partition coefficient (Wildman–Crippen LogP) is 1.34. The highest BCUT2D eigenvalue weighted by Crippen LogP contribution is 2.04. The molecule has 0 spiro atoms. The van der Waals surface area contributed by atoms with Crippen molar-refractivity contribution in [1.82, 2.24) is 0 Å². The average Bonchev–Trinajstić information content (AvgIpc) is 1.90. The van der Waals surface area contributed by atoms with Gasteiger partial charge in [-0.3, -0.25) is 0 Å². The SMILES string of the molecule is OOc1c[c]ccc1. The maximum absolute atomic E-state index is 8.02. The van der Waals surface area contributed by atoms with Crippen molar-refractivity contribution >= 4 is 0 Å². The van der Waals surface area contributed by atoms with Gasteiger partial charge in [0.2, 0.25) is 0 Å². The van der Waals surface area contributed by atoms with Crippen LogP contribution in [0.2, 0.25) is 0 Å². The van der Waals surface area contributed by atoms with Crippen molar-refractivity contribution in [3.63, 3.8) is 0 Å². The van der Waals surface area contributed by atoms with Crippen LogP contribution in [0.4, 0.5) is 0 Å². The van der Waals surface area contributed by atoms with Crippen LogP contribution in [0, 0.1) is 6.07 Å². The van der Waals surface area contributed by atoms with Crippen LogP contribution in [0.5, 0.6) is 5.75 Å². The molecule has 1 radical (unpaired) electrons. The van der Waals surface area contributed by atoms with Crippen molar-refractivity contribution in [2.45, 2.75) is 0 Å². The van der Waals surface area contributed by atoms with E-state index >= 15 is 0 Å². The molecule has 0 aliphatic rings. The van der Waals surface area contributed by atoms with Crippen LogP contribution in [0.25, 0.3) is 0 Å². The van der Waals surface area contributed by atoms with E-state index in [1.807, 2.05) is 0 Å². The van der Waals surface area contributed by atoms with E-state index in [4.69, 9.17) is 5.26 Å². The zero-order valence-electron chi connectivity index (χ0n) is 4.16. The maximum atomic E-state index is 8.02. The molecule has 0 fully saturated rings. The lowest BCUT2D eigenvalue weighted by Crippen LogP contribution is -1.80. The third-order valence-electron chi connectivity index (χ3n) is 0.784. The Balaban J connectivity index is 2.83. The Kier molecular flexibility index (Phi) is 1.49. The largest absolute Gasteiger partial charge is 0.340 e. The van der Waals surface area contributed by atoms with Crippen molar-refractivity contribution in [2.24, 2.45) is 0 Å². The van der Waals surface area contributed by atoms with E-state index in [-0.39, 0.29) is 0 Å². The lowest BCUT2D eigenvalue weighted by molar-refractivity contribution is -0.137. The van der Waals surface area contributed by atoms with Gasteiger partial charge in [0.25, 0.3) is 0 Å². The fourth-order valence-corrected chi connectivity index (χ4v) is 0.434. The fraction of sp³-hybridized carbons (Fsp3) is 0. The average molecular weight is 109 g/mol. The van der Waals surface area contributed by atoms with E-state index < -0.39 is 0 Å². The number of hydrogen-bond acceptors (Lipinski definition) is 2. The molecule has 1 aromatic carbocycles. The van der Waals surface area contributed by atoms with Gasteiger partial charge in [0, 0.05) is 0 Å². The molecule has 41 valence electrons. The van der Waals surface area contributed by atoms with E-state index in [1.54, 1.807) is 24.3 Å². The molecule has 2 heteroatoms. The lowest BCUT2D eigenvalue weighted by atomic mass is 10.3. The molecule has 0 atom stereocenters. The van der Waals surface area contributed by atoms with Crippen molar-refractivity contribution in [3.8, 4) is 5.75 Å². The van der Waals surface area contributed by atoms with Gasteiger partial charge in [0.05, 0.1) is 0 Å². The zero-order valence-corrected chi connectivity index (χ0v) is 4.16. The topological polar surface area (TPSA) is 29.5 Å². The Morgan fingerprint density at radius 3 is 2.88 bits per heavy atom. The van der Waals surface area contributed by atoms with Crippen molar-refractivity contribution in [1.29, 1.82) is 0 Å². The molecular weight excluding hydrogens is 104 g/mol. The highest BCUT2D eigenvalue weighted by atomic mass is 17.1. The highest BCUT2D eigenvalue weighted by molar-refractivity contribution is 5.18. The molecular formula is C6H5O2. The molecule has 0 aliphatic heterocycles. The summed E-state index contributed by atoms with van der Waals surface area (Å²) in [7, 11) is 0. The minimum absolute atomic E-state index is 0.410. The third kappa shape index (κ3) is 0.978. The third-order valence-corrected chi connectivity index (χ3v) is 0.784. The fourth-order valence-electron chi connectivity index (χ4n) is 0.434. The summed E-state index contributed by atoms with van der Waals surface area (Å²) in [5.74, 6) is 0.410. The summed E-state index contributed by atoms with van der Waals surface area (Å²) in [5, 5.41) is 8.02. The molecule has 0 bridgehead atoms. The molecule has 2 nitrogen and oxygen atoms in total. The Morgan fingerprint density at radius 1 is 1.62 bits per heavy atom. The first-order chi connectivity index (χ1) is 3.93. The summed E-state index contributed by atoms with van der Waals surface area (Å²) in [6.45, 7) is 0. The molecule has 0 saturated carbocycles. The van der Waals surface area contributed by atoms with E-state index in [0.717, 1.165) is 0 Å². The Labute approximate surface area is 47.3 Å². The second-order valence-electron chi connectivity index (χ2n) is 1.33. The molecule has 8 heavy (non-hydrogen) atoms. The first kappa shape index (κ1) is 5.12. The summed E-state index contributed by atoms with van der Waals surface area (Å²) in [6.07, 6.45) is 0. The summed E-state index contributed by atoms with van der Waals surface area (Å²) in [4.78, 5) is 3.88. The molecule has 0 saturated heterocycles. The van der Waals surface area contributed by atoms with Crippen molar-refractivity contribution in [2.75, 3.05) is 0 Å². The van der Waals surface area contributed by atoms with Gasteiger partial charge in [-0.15, -0.1) is 0 Å². The highest BCUT2D eigenvalue weighted by Gasteiger charge is 1.83. The van der Waals surface area contributed by atoms with Crippen LogP contribution in [0.3, 0.4) is 0 Å². The summed E-state index contributed by atoms with van der Waals surface area (Å²) in [5.41, 5.74) is 0. The summed E-state index contributed by atoms with van der Waals surface area (Å²) >= 11 is 0. The Hall–Kier alpha value is -1.02. The van der Waals surface area contributed by atoms with E-state index in [0.29, 0.717) is 5.75 Å². The monoisotopic (exact) mass is 109 g/mol. The van der Waals surface area contributed by atoms with Gasteiger partial charge in [-0.05, 0) is 18.2 Å². The molecule has 0 amide bonds. The second-order valence-corrected chi connectivity index (χ2v) is 1.33. The van der Waals surface area contributed by atoms with Gasteiger partial charge in [0.1, 0.15) is 0 Å². The van der Waals surface area contributed by atoms with Crippen LogP contribution in [0.1, 0.15) is 0 Å². The van der Waals surface area contributed by atoms with Crippen LogP contribution in [-0.2, 0) is 0 Å². The minimum atomic E-state index is 0.410. The van der Waals surface area contributed by atoms with Crippen LogP contribution < -0.4 is 4.89 Å².